The maximum atomic E-state index is 12.9. The maximum absolute atomic E-state index is 12.9. The van der Waals surface area contributed by atoms with E-state index in [1.165, 1.54) is 57.8 Å². The lowest BCUT2D eigenvalue weighted by atomic mass is 10.1. The van der Waals surface area contributed by atoms with E-state index in [0.717, 1.165) is 135 Å². The fraction of sp³-hybridized carbons (Fsp3) is 0.574. The summed E-state index contributed by atoms with van der Waals surface area (Å²) in [6, 6.07) is 0. The van der Waals surface area contributed by atoms with E-state index in [1.807, 2.05) is 6.08 Å². The number of carbonyl (C=O) groups excluding carboxylic acids is 3. The number of unbranched alkanes of at least 4 members (excludes halogenated alkanes) is 15. The van der Waals surface area contributed by atoms with Crippen LogP contribution < -0.4 is 0 Å². The molecule has 0 aliphatic rings. The summed E-state index contributed by atoms with van der Waals surface area (Å²) < 4.78 is 16.7. The highest BCUT2D eigenvalue weighted by atomic mass is 16.6. The van der Waals surface area contributed by atoms with Crippen LogP contribution in [0.25, 0.3) is 0 Å². The predicted molar refractivity (Wildman–Crippen MR) is 320 cm³/mol. The van der Waals surface area contributed by atoms with Gasteiger partial charge >= 0.3 is 17.9 Å². The van der Waals surface area contributed by atoms with Crippen molar-refractivity contribution >= 4 is 17.9 Å². The number of carbonyl (C=O) groups is 3. The second-order valence-electron chi connectivity index (χ2n) is 18.8. The molecule has 0 saturated heterocycles. The molecule has 0 aliphatic heterocycles. The van der Waals surface area contributed by atoms with E-state index in [1.54, 1.807) is 6.08 Å². The smallest absolute Gasteiger partial charge is 0.309 e. The van der Waals surface area contributed by atoms with Gasteiger partial charge in [-0.1, -0.05) is 243 Å². The molecule has 6 nitrogen and oxygen atoms in total. The van der Waals surface area contributed by atoms with E-state index in [0.29, 0.717) is 6.42 Å². The minimum absolute atomic E-state index is 0.112. The highest BCUT2D eigenvalue weighted by molar-refractivity contribution is 5.72. The highest BCUT2D eigenvalue weighted by Gasteiger charge is 2.19. The van der Waals surface area contributed by atoms with Crippen molar-refractivity contribution in [2.45, 2.75) is 239 Å². The minimum atomic E-state index is -0.845. The monoisotopic (exact) mass is 1020 g/mol. The largest absolute Gasteiger partial charge is 0.462 e. The van der Waals surface area contributed by atoms with Crippen molar-refractivity contribution in [1.29, 1.82) is 0 Å². The van der Waals surface area contributed by atoms with E-state index in [9.17, 15) is 14.4 Å². The molecule has 1 atom stereocenters. The van der Waals surface area contributed by atoms with Gasteiger partial charge in [-0.3, -0.25) is 14.4 Å². The third kappa shape index (κ3) is 57.9. The molecule has 0 radical (unpaired) electrons. The van der Waals surface area contributed by atoms with Crippen molar-refractivity contribution in [1.82, 2.24) is 0 Å². The third-order valence-electron chi connectivity index (χ3n) is 11.8. The Hall–Kier alpha value is -4.97. The number of hydrogen-bond acceptors (Lipinski definition) is 6. The zero-order chi connectivity index (χ0) is 53.6. The fourth-order valence-electron chi connectivity index (χ4n) is 7.43. The Labute approximate surface area is 454 Å². The highest BCUT2D eigenvalue weighted by Crippen LogP contribution is 2.13. The van der Waals surface area contributed by atoms with Gasteiger partial charge in [-0.15, -0.1) is 0 Å². The maximum Gasteiger partial charge on any atom is 0.309 e. The number of ether oxygens (including phenoxy) is 3. The first-order valence-electron chi connectivity index (χ1n) is 29.5. The van der Waals surface area contributed by atoms with Crippen LogP contribution in [0.4, 0.5) is 0 Å². The van der Waals surface area contributed by atoms with Gasteiger partial charge in [0.15, 0.2) is 6.10 Å². The molecule has 1 unspecified atom stereocenters. The van der Waals surface area contributed by atoms with Crippen LogP contribution in [-0.2, 0) is 28.6 Å². The van der Waals surface area contributed by atoms with Gasteiger partial charge in [-0.2, -0.15) is 0 Å². The molecule has 0 spiro atoms. The molecule has 0 aromatic rings. The lowest BCUT2D eigenvalue weighted by Gasteiger charge is -2.18. The summed E-state index contributed by atoms with van der Waals surface area (Å²) >= 11 is 0. The van der Waals surface area contributed by atoms with Gasteiger partial charge in [0.2, 0.25) is 0 Å². The molecule has 0 amide bonds. The Kier molecular flexibility index (Phi) is 56.5. The van der Waals surface area contributed by atoms with Gasteiger partial charge in [0.1, 0.15) is 13.2 Å². The molecule has 0 bridgehead atoms. The lowest BCUT2D eigenvalue weighted by Crippen LogP contribution is -2.30. The van der Waals surface area contributed by atoms with Gasteiger partial charge in [-0.05, 0) is 128 Å². The Morgan fingerprint density at radius 1 is 0.297 bits per heavy atom. The first-order chi connectivity index (χ1) is 36.5. The third-order valence-corrected chi connectivity index (χ3v) is 11.8. The van der Waals surface area contributed by atoms with Crippen LogP contribution in [0, 0.1) is 0 Å². The summed E-state index contributed by atoms with van der Waals surface area (Å²) in [7, 11) is 0. The average Bonchev–Trinajstić information content (AvgIpc) is 3.40. The molecule has 0 N–H and O–H groups in total. The minimum Gasteiger partial charge on any atom is -0.462 e. The van der Waals surface area contributed by atoms with Crippen molar-refractivity contribution in [3.05, 3.63) is 158 Å². The molecular weight excluding hydrogens is 913 g/mol. The molecular formula is C68H106O6. The zero-order valence-electron chi connectivity index (χ0n) is 47.3. The summed E-state index contributed by atoms with van der Waals surface area (Å²) in [4.78, 5) is 38.1. The van der Waals surface area contributed by atoms with Crippen LogP contribution in [-0.4, -0.2) is 37.2 Å². The summed E-state index contributed by atoms with van der Waals surface area (Å²) in [5, 5.41) is 0. The molecule has 0 saturated carbocycles. The average molecular weight is 1020 g/mol. The molecule has 0 heterocycles. The molecule has 0 aromatic heterocycles. The molecule has 414 valence electrons. The van der Waals surface area contributed by atoms with Crippen LogP contribution in [0.1, 0.15) is 233 Å². The fourth-order valence-corrected chi connectivity index (χ4v) is 7.43. The van der Waals surface area contributed by atoms with Crippen molar-refractivity contribution in [3.8, 4) is 0 Å². The SMILES string of the molecule is CC/C=C\C/C=C\C/C=C\C/C=C\C/C=C\C/C=C\C/C=C\CCCCCC(=O)OCC(COC(=O)C/C=C\C/C=C\C/C=C\C/C=C\C/C=C\CC)OC(=O)CCCCCCC/C=C\CCCCCCCCC. The normalized spacial score (nSPS) is 13.3. The van der Waals surface area contributed by atoms with Gasteiger partial charge in [0, 0.05) is 12.8 Å². The quantitative estimate of drug-likeness (QED) is 0.0261. The number of hydrogen-bond donors (Lipinski definition) is 0. The van der Waals surface area contributed by atoms with E-state index in [2.05, 4.69) is 167 Å². The predicted octanol–water partition coefficient (Wildman–Crippen LogP) is 20.1. The summed E-state index contributed by atoms with van der Waals surface area (Å²) in [5.41, 5.74) is 0. The van der Waals surface area contributed by atoms with Crippen LogP contribution in [0.15, 0.2) is 158 Å². The van der Waals surface area contributed by atoms with E-state index < -0.39 is 12.1 Å². The van der Waals surface area contributed by atoms with Gasteiger partial charge in [0.05, 0.1) is 6.42 Å². The number of rotatable bonds is 51. The Bertz CT molecular complexity index is 1690. The number of allylic oxidation sites excluding steroid dienone is 25. The van der Waals surface area contributed by atoms with Gasteiger partial charge < -0.3 is 14.2 Å². The van der Waals surface area contributed by atoms with Crippen LogP contribution >= 0.6 is 0 Å². The molecule has 74 heavy (non-hydrogen) atoms. The Morgan fingerprint density at radius 2 is 0.581 bits per heavy atom. The summed E-state index contributed by atoms with van der Waals surface area (Å²) in [5.74, 6) is -1.11. The van der Waals surface area contributed by atoms with Crippen LogP contribution in [0.3, 0.4) is 0 Å². The summed E-state index contributed by atoms with van der Waals surface area (Å²) in [6.07, 6.45) is 88.3. The van der Waals surface area contributed by atoms with Gasteiger partial charge in [0.25, 0.3) is 0 Å². The Morgan fingerprint density at radius 3 is 0.973 bits per heavy atom. The van der Waals surface area contributed by atoms with Crippen LogP contribution in [0.2, 0.25) is 0 Å². The summed E-state index contributed by atoms with van der Waals surface area (Å²) in [6.45, 7) is 6.27. The van der Waals surface area contributed by atoms with Crippen molar-refractivity contribution in [2.24, 2.45) is 0 Å². The first-order valence-corrected chi connectivity index (χ1v) is 29.5. The molecule has 6 heteroatoms. The van der Waals surface area contributed by atoms with Crippen molar-refractivity contribution in [2.75, 3.05) is 13.2 Å². The second-order valence-corrected chi connectivity index (χ2v) is 18.8. The van der Waals surface area contributed by atoms with Crippen LogP contribution in [0.5, 0.6) is 0 Å². The second kappa shape index (κ2) is 60.6. The van der Waals surface area contributed by atoms with E-state index >= 15 is 0 Å². The molecule has 0 rings (SSSR count). The molecule has 0 fully saturated rings. The van der Waals surface area contributed by atoms with Crippen molar-refractivity contribution in [3.63, 3.8) is 0 Å². The lowest BCUT2D eigenvalue weighted by molar-refractivity contribution is -0.166. The van der Waals surface area contributed by atoms with Crippen molar-refractivity contribution < 1.29 is 28.6 Å². The molecule has 0 aliphatic carbocycles. The zero-order valence-corrected chi connectivity index (χ0v) is 47.3. The molecule has 0 aromatic carbocycles. The number of esters is 3. The Balaban J connectivity index is 4.55. The van der Waals surface area contributed by atoms with Gasteiger partial charge in [-0.25, -0.2) is 0 Å². The first kappa shape index (κ1) is 69.0. The topological polar surface area (TPSA) is 78.9 Å². The standard InChI is InChI=1S/C68H106O6/c1-4-7-10-13-16-19-22-25-28-30-31-32-33-34-35-36-37-38-41-43-46-49-52-55-58-61-67(70)73-64-65(63-72-66(69)60-57-54-51-48-45-42-39-27-24-21-18-15-12-9-6-3)74-68(71)62-59-56-53-50-47-44-40-29-26-23-20-17-14-11-8-5-2/h7,9-10,12,16,18-19,21,25,27-29,31-32,34-35,37-40,43,45-46,48,54,57,65H,4-6,8,11,13-15,17,20,22-24,26,30,33,36,41-42,44,47,49-53,55-56,58-64H2,1-3H3/b10-7-,12-9-,19-16-,21-18-,28-25-,32-31-,35-34-,38-37-,39-27-,40-29-,46-43-,48-45-,57-54-. The van der Waals surface area contributed by atoms with E-state index in [4.69, 9.17) is 14.2 Å². The van der Waals surface area contributed by atoms with E-state index in [-0.39, 0.29) is 38.0 Å².